The molecule has 0 fully saturated rings. The highest BCUT2D eigenvalue weighted by Crippen LogP contribution is 2.15. The van der Waals surface area contributed by atoms with Crippen LogP contribution in [0.2, 0.25) is 0 Å². The van der Waals surface area contributed by atoms with Crippen LogP contribution < -0.4 is 10.1 Å². The number of amides is 1. The maximum atomic E-state index is 11.6. The van der Waals surface area contributed by atoms with Crippen LogP contribution in [0.4, 0.5) is 0 Å². The van der Waals surface area contributed by atoms with E-state index in [2.05, 4.69) is 5.32 Å². The number of carbonyl (C=O) groups excluding carboxylic acids is 3. The van der Waals surface area contributed by atoms with E-state index in [-0.39, 0.29) is 24.7 Å². The van der Waals surface area contributed by atoms with Crippen molar-refractivity contribution in [3.8, 4) is 5.75 Å². The van der Waals surface area contributed by atoms with Crippen LogP contribution in [-0.4, -0.2) is 36.9 Å². The van der Waals surface area contributed by atoms with E-state index < -0.39 is 5.97 Å². The minimum Gasteiger partial charge on any atom is -0.481 e. The number of rotatable bonds is 8. The molecule has 6 nitrogen and oxygen atoms in total. The number of hydrogen-bond donors (Lipinski definition) is 1. The summed E-state index contributed by atoms with van der Waals surface area (Å²) in [5.41, 5.74) is 0.000775. The van der Waals surface area contributed by atoms with Gasteiger partial charge in [-0.2, -0.15) is 0 Å². The average Bonchev–Trinajstić information content (AvgIpc) is 2.50. The van der Waals surface area contributed by atoms with Gasteiger partial charge in [-0.25, -0.2) is 4.79 Å². The van der Waals surface area contributed by atoms with Crippen molar-refractivity contribution in [1.82, 2.24) is 5.32 Å². The Morgan fingerprint density at radius 2 is 1.91 bits per heavy atom. The fraction of sp³-hybridized carbons (Fsp3) is 0.438. The van der Waals surface area contributed by atoms with E-state index in [4.69, 9.17) is 9.47 Å². The zero-order valence-corrected chi connectivity index (χ0v) is 13.0. The van der Waals surface area contributed by atoms with Crippen LogP contribution in [0.1, 0.15) is 37.6 Å². The molecule has 120 valence electrons. The lowest BCUT2D eigenvalue weighted by Crippen LogP contribution is -2.44. The van der Waals surface area contributed by atoms with E-state index in [1.807, 2.05) is 20.8 Å². The Bertz CT molecular complexity index is 539. The number of ether oxygens (including phenoxy) is 2. The molecule has 1 aromatic carbocycles. The van der Waals surface area contributed by atoms with Crippen LogP contribution in [0.3, 0.4) is 0 Å². The summed E-state index contributed by atoms with van der Waals surface area (Å²) in [6.45, 7) is 4.99. The third kappa shape index (κ3) is 5.95. The van der Waals surface area contributed by atoms with Crippen molar-refractivity contribution >= 4 is 18.2 Å². The lowest BCUT2D eigenvalue weighted by atomic mass is 10.0. The first-order valence-electron chi connectivity index (χ1n) is 7.01. The van der Waals surface area contributed by atoms with Crippen LogP contribution in [0.5, 0.6) is 5.75 Å². The van der Waals surface area contributed by atoms with Gasteiger partial charge in [0.05, 0.1) is 5.56 Å². The molecule has 6 heteroatoms. The summed E-state index contributed by atoms with van der Waals surface area (Å²) in [4.78, 5) is 34.0. The Kier molecular flexibility index (Phi) is 6.56. The van der Waals surface area contributed by atoms with Gasteiger partial charge in [0.25, 0.3) is 5.91 Å². The molecule has 1 amide bonds. The van der Waals surface area contributed by atoms with Gasteiger partial charge in [-0.3, -0.25) is 9.59 Å². The highest BCUT2D eigenvalue weighted by atomic mass is 16.6. The summed E-state index contributed by atoms with van der Waals surface area (Å²) in [5.74, 6) is -0.746. The maximum Gasteiger partial charge on any atom is 0.344 e. The fourth-order valence-electron chi connectivity index (χ4n) is 1.54. The van der Waals surface area contributed by atoms with Gasteiger partial charge in [-0.15, -0.1) is 0 Å². The number of carbonyl (C=O) groups is 3. The van der Waals surface area contributed by atoms with E-state index in [0.29, 0.717) is 17.6 Å². The predicted molar refractivity (Wildman–Crippen MR) is 80.8 cm³/mol. The lowest BCUT2D eigenvalue weighted by Gasteiger charge is -2.24. The molecule has 0 saturated carbocycles. The molecular formula is C16H21NO5. The molecule has 0 unspecified atom stereocenters. The van der Waals surface area contributed by atoms with Crippen molar-refractivity contribution in [3.05, 3.63) is 29.8 Å². The molecule has 0 heterocycles. The Hall–Kier alpha value is -2.37. The zero-order valence-electron chi connectivity index (χ0n) is 13.0. The largest absolute Gasteiger partial charge is 0.481 e. The molecule has 1 N–H and O–H groups in total. The second-order valence-corrected chi connectivity index (χ2v) is 5.39. The molecule has 0 aliphatic carbocycles. The molecule has 0 bridgehead atoms. The van der Waals surface area contributed by atoms with E-state index in [0.717, 1.165) is 6.42 Å². The Balaban J connectivity index is 2.38. The molecule has 1 aromatic rings. The summed E-state index contributed by atoms with van der Waals surface area (Å²) in [6, 6.07) is 6.53. The second-order valence-electron chi connectivity index (χ2n) is 5.39. The minimum atomic E-state index is -0.676. The van der Waals surface area contributed by atoms with Gasteiger partial charge in [0.2, 0.25) is 0 Å². The molecule has 0 atom stereocenters. The van der Waals surface area contributed by atoms with Gasteiger partial charge in [-0.1, -0.05) is 19.1 Å². The number of hydrogen-bond acceptors (Lipinski definition) is 5. The maximum absolute atomic E-state index is 11.6. The number of para-hydroxylation sites is 1. The predicted octanol–water partition coefficient (Wildman–Crippen LogP) is 1.73. The summed E-state index contributed by atoms with van der Waals surface area (Å²) >= 11 is 0. The third-order valence-corrected chi connectivity index (χ3v) is 3.12. The fourth-order valence-corrected chi connectivity index (χ4v) is 1.54. The third-order valence-electron chi connectivity index (χ3n) is 3.12. The summed E-state index contributed by atoms with van der Waals surface area (Å²) in [7, 11) is 0. The van der Waals surface area contributed by atoms with Crippen LogP contribution in [-0.2, 0) is 14.3 Å². The van der Waals surface area contributed by atoms with Gasteiger partial charge in [-0.05, 0) is 32.4 Å². The van der Waals surface area contributed by atoms with Crippen molar-refractivity contribution < 1.29 is 23.9 Å². The van der Waals surface area contributed by atoms with Crippen molar-refractivity contribution in [2.75, 3.05) is 13.2 Å². The smallest absolute Gasteiger partial charge is 0.344 e. The summed E-state index contributed by atoms with van der Waals surface area (Å²) < 4.78 is 10.0. The first kappa shape index (κ1) is 17.7. The zero-order chi connectivity index (χ0) is 16.6. The van der Waals surface area contributed by atoms with Crippen LogP contribution in [0.25, 0.3) is 0 Å². The summed E-state index contributed by atoms with van der Waals surface area (Å²) in [5, 5.41) is 2.75. The molecule has 0 aliphatic heterocycles. The molecular weight excluding hydrogens is 286 g/mol. The van der Waals surface area contributed by atoms with Crippen LogP contribution in [0, 0.1) is 0 Å². The Morgan fingerprint density at radius 1 is 1.23 bits per heavy atom. The minimum absolute atomic E-state index is 0.297. The second kappa shape index (κ2) is 8.17. The van der Waals surface area contributed by atoms with Gasteiger partial charge in [0.15, 0.2) is 19.5 Å². The monoisotopic (exact) mass is 307 g/mol. The highest BCUT2D eigenvalue weighted by molar-refractivity contribution is 5.82. The highest BCUT2D eigenvalue weighted by Gasteiger charge is 2.18. The first-order chi connectivity index (χ1) is 10.4. The quantitative estimate of drug-likeness (QED) is 0.584. The standard InChI is InChI=1S/C16H21NO5/c1-4-16(2,3)17-14(19)10-22-15(20)11-21-13-8-6-5-7-12(13)9-18/h5-9H,4,10-11H2,1-3H3,(H,17,19). The molecule has 0 spiro atoms. The van der Waals surface area contributed by atoms with Crippen molar-refractivity contribution in [1.29, 1.82) is 0 Å². The van der Waals surface area contributed by atoms with Gasteiger partial charge in [0.1, 0.15) is 5.75 Å². The van der Waals surface area contributed by atoms with Crippen LogP contribution >= 0.6 is 0 Å². The number of esters is 1. The van der Waals surface area contributed by atoms with E-state index in [1.54, 1.807) is 24.3 Å². The normalized spacial score (nSPS) is 10.7. The van der Waals surface area contributed by atoms with Crippen molar-refractivity contribution in [3.63, 3.8) is 0 Å². The van der Waals surface area contributed by atoms with Gasteiger partial charge in [0, 0.05) is 5.54 Å². The molecule has 22 heavy (non-hydrogen) atoms. The average molecular weight is 307 g/mol. The van der Waals surface area contributed by atoms with Gasteiger partial charge < -0.3 is 14.8 Å². The Labute approximate surface area is 129 Å². The first-order valence-corrected chi connectivity index (χ1v) is 7.01. The Morgan fingerprint density at radius 3 is 2.55 bits per heavy atom. The number of nitrogens with one attached hydrogen (secondary N) is 1. The lowest BCUT2D eigenvalue weighted by molar-refractivity contribution is -0.150. The topological polar surface area (TPSA) is 81.7 Å². The summed E-state index contributed by atoms with van der Waals surface area (Å²) in [6.07, 6.45) is 1.40. The molecule has 0 radical (unpaired) electrons. The SMILES string of the molecule is CCC(C)(C)NC(=O)COC(=O)COc1ccccc1C=O. The van der Waals surface area contributed by atoms with Crippen LogP contribution in [0.15, 0.2) is 24.3 Å². The van der Waals surface area contributed by atoms with E-state index in [9.17, 15) is 14.4 Å². The molecule has 1 rings (SSSR count). The van der Waals surface area contributed by atoms with Gasteiger partial charge >= 0.3 is 5.97 Å². The van der Waals surface area contributed by atoms with Crippen molar-refractivity contribution in [2.24, 2.45) is 0 Å². The van der Waals surface area contributed by atoms with Crippen molar-refractivity contribution in [2.45, 2.75) is 32.7 Å². The molecule has 0 aliphatic rings. The van der Waals surface area contributed by atoms with E-state index in [1.165, 1.54) is 0 Å². The molecule has 0 aromatic heterocycles. The number of aldehydes is 1. The van der Waals surface area contributed by atoms with E-state index >= 15 is 0 Å². The number of benzene rings is 1. The molecule has 0 saturated heterocycles.